The topological polar surface area (TPSA) is 41.6 Å². The summed E-state index contributed by atoms with van der Waals surface area (Å²) < 4.78 is 0. The van der Waals surface area contributed by atoms with Crippen molar-refractivity contribution in [3.8, 4) is 0 Å². The molecule has 0 radical (unpaired) electrons. The summed E-state index contributed by atoms with van der Waals surface area (Å²) in [7, 11) is 0. The monoisotopic (exact) mass is 211 g/mol. The number of likely N-dealkylation sites (tertiary alicyclic amines) is 1. The molecule has 1 aliphatic heterocycles. The average Bonchev–Trinajstić information content (AvgIpc) is 1.99. The number of nitrogens with two attached hydrogens (primary N) is 1. The molecule has 0 aliphatic carbocycles. The number of rotatable bonds is 0. The van der Waals surface area contributed by atoms with E-state index in [4.69, 9.17) is 5.73 Å². The van der Waals surface area contributed by atoms with Crippen LogP contribution in [0.4, 0.5) is 0 Å². The van der Waals surface area contributed by atoms with Crippen molar-refractivity contribution in [3.63, 3.8) is 0 Å². The lowest BCUT2D eigenvalue weighted by atomic mass is 9.94. The number of hydrogen-bond acceptors (Lipinski definition) is 1. The Labute approximate surface area is 93.7 Å². The van der Waals surface area contributed by atoms with Crippen LogP contribution in [0, 0.1) is 5.92 Å². The molecular formula is C12H25N3. The van der Waals surface area contributed by atoms with Crippen LogP contribution in [-0.4, -0.2) is 29.0 Å². The van der Waals surface area contributed by atoms with Gasteiger partial charge >= 0.3 is 0 Å². The van der Waals surface area contributed by atoms with Gasteiger partial charge in [-0.2, -0.15) is 0 Å². The van der Waals surface area contributed by atoms with Crippen LogP contribution in [0.2, 0.25) is 0 Å². The zero-order valence-electron chi connectivity index (χ0n) is 10.7. The summed E-state index contributed by atoms with van der Waals surface area (Å²) in [6.07, 6.45) is 2.45. The van der Waals surface area contributed by atoms with Crippen molar-refractivity contribution in [1.82, 2.24) is 4.90 Å². The lowest BCUT2D eigenvalue weighted by Crippen LogP contribution is -2.48. The van der Waals surface area contributed by atoms with E-state index in [-0.39, 0.29) is 5.54 Å². The minimum absolute atomic E-state index is 0.0765. The fourth-order valence-corrected chi connectivity index (χ4v) is 2.16. The summed E-state index contributed by atoms with van der Waals surface area (Å²) in [5, 5.41) is 0. The van der Waals surface area contributed by atoms with Gasteiger partial charge in [0.2, 0.25) is 0 Å². The van der Waals surface area contributed by atoms with Crippen molar-refractivity contribution in [3.05, 3.63) is 0 Å². The highest BCUT2D eigenvalue weighted by molar-refractivity contribution is 5.78. The lowest BCUT2D eigenvalue weighted by Gasteiger charge is -2.38. The summed E-state index contributed by atoms with van der Waals surface area (Å²) >= 11 is 0. The molecule has 0 spiro atoms. The molecule has 2 N–H and O–H groups in total. The maximum absolute atomic E-state index is 6.05. The number of piperidine rings is 1. The van der Waals surface area contributed by atoms with Crippen LogP contribution in [0.15, 0.2) is 4.99 Å². The molecule has 3 nitrogen and oxygen atoms in total. The Hall–Kier alpha value is -0.730. The molecule has 0 aromatic carbocycles. The zero-order chi connectivity index (χ0) is 11.6. The molecule has 0 aromatic rings. The Kier molecular flexibility index (Phi) is 3.63. The van der Waals surface area contributed by atoms with Gasteiger partial charge in [-0.15, -0.1) is 0 Å². The van der Waals surface area contributed by atoms with Crippen molar-refractivity contribution in [1.29, 1.82) is 0 Å². The van der Waals surface area contributed by atoms with Gasteiger partial charge in [0.25, 0.3) is 0 Å². The second-order valence-electron chi connectivity index (χ2n) is 5.81. The molecule has 88 valence electrons. The lowest BCUT2D eigenvalue weighted by molar-refractivity contribution is 0.206. The molecule has 2 atom stereocenters. The predicted molar refractivity (Wildman–Crippen MR) is 65.9 cm³/mol. The van der Waals surface area contributed by atoms with Gasteiger partial charge in [-0.3, -0.25) is 0 Å². The van der Waals surface area contributed by atoms with Crippen LogP contribution in [-0.2, 0) is 0 Å². The molecule has 1 fully saturated rings. The van der Waals surface area contributed by atoms with E-state index in [1.54, 1.807) is 0 Å². The molecule has 2 unspecified atom stereocenters. The highest BCUT2D eigenvalue weighted by Crippen LogP contribution is 2.22. The molecule has 3 heteroatoms. The van der Waals surface area contributed by atoms with Crippen LogP contribution in [0.3, 0.4) is 0 Å². The Morgan fingerprint density at radius 2 is 1.93 bits per heavy atom. The molecular weight excluding hydrogens is 186 g/mol. The number of aliphatic imine (C=N–C) groups is 1. The first-order valence-corrected chi connectivity index (χ1v) is 5.91. The normalized spacial score (nSPS) is 29.4. The van der Waals surface area contributed by atoms with Crippen molar-refractivity contribution in [2.24, 2.45) is 16.6 Å². The zero-order valence-corrected chi connectivity index (χ0v) is 10.7. The van der Waals surface area contributed by atoms with Crippen molar-refractivity contribution >= 4 is 5.96 Å². The van der Waals surface area contributed by atoms with Gasteiger partial charge in [0.1, 0.15) is 0 Å². The third kappa shape index (κ3) is 3.73. The maximum Gasteiger partial charge on any atom is 0.192 e. The van der Waals surface area contributed by atoms with Crippen LogP contribution < -0.4 is 5.73 Å². The Bertz CT molecular complexity index is 240. The van der Waals surface area contributed by atoms with Crippen LogP contribution >= 0.6 is 0 Å². The van der Waals surface area contributed by atoms with Crippen molar-refractivity contribution in [2.75, 3.05) is 6.54 Å². The molecule has 0 aromatic heterocycles. The smallest absolute Gasteiger partial charge is 0.192 e. The van der Waals surface area contributed by atoms with E-state index in [0.717, 1.165) is 12.5 Å². The van der Waals surface area contributed by atoms with Crippen LogP contribution in [0.5, 0.6) is 0 Å². The second-order valence-corrected chi connectivity index (χ2v) is 5.81. The minimum Gasteiger partial charge on any atom is -0.370 e. The number of nitrogens with zero attached hydrogens (tertiary/aromatic N) is 2. The molecule has 1 rings (SSSR count). The van der Waals surface area contributed by atoms with E-state index in [1.807, 2.05) is 0 Å². The Morgan fingerprint density at radius 1 is 1.33 bits per heavy atom. The van der Waals surface area contributed by atoms with Crippen molar-refractivity contribution < 1.29 is 0 Å². The largest absolute Gasteiger partial charge is 0.370 e. The third-order valence-electron chi connectivity index (χ3n) is 2.88. The van der Waals surface area contributed by atoms with Crippen molar-refractivity contribution in [2.45, 2.75) is 59.0 Å². The number of hydrogen-bond donors (Lipinski definition) is 1. The minimum atomic E-state index is -0.0765. The van der Waals surface area contributed by atoms with Gasteiger partial charge in [0, 0.05) is 12.6 Å². The van der Waals surface area contributed by atoms with Crippen LogP contribution in [0.1, 0.15) is 47.5 Å². The summed E-state index contributed by atoms with van der Waals surface area (Å²) in [5.41, 5.74) is 5.97. The average molecular weight is 211 g/mol. The van der Waals surface area contributed by atoms with Gasteiger partial charge in [-0.1, -0.05) is 6.92 Å². The van der Waals surface area contributed by atoms with E-state index in [0.29, 0.717) is 12.0 Å². The number of guanidine groups is 1. The van der Waals surface area contributed by atoms with Gasteiger partial charge in [-0.05, 0) is 46.5 Å². The highest BCUT2D eigenvalue weighted by Gasteiger charge is 2.24. The van der Waals surface area contributed by atoms with Gasteiger partial charge in [-0.25, -0.2) is 4.99 Å². The van der Waals surface area contributed by atoms with E-state index in [2.05, 4.69) is 44.5 Å². The van der Waals surface area contributed by atoms with E-state index in [9.17, 15) is 0 Å². The highest BCUT2D eigenvalue weighted by atomic mass is 15.3. The van der Waals surface area contributed by atoms with Gasteiger partial charge in [0.15, 0.2) is 5.96 Å². The Balaban J connectivity index is 2.68. The summed E-state index contributed by atoms with van der Waals surface area (Å²) in [5.74, 6) is 1.53. The summed E-state index contributed by atoms with van der Waals surface area (Å²) in [4.78, 5) is 6.77. The van der Waals surface area contributed by atoms with E-state index < -0.39 is 0 Å². The maximum atomic E-state index is 6.05. The molecule has 15 heavy (non-hydrogen) atoms. The molecule has 1 aliphatic rings. The molecule has 1 saturated heterocycles. The molecule has 0 bridgehead atoms. The van der Waals surface area contributed by atoms with Gasteiger partial charge in [0.05, 0.1) is 5.54 Å². The molecule has 0 amide bonds. The summed E-state index contributed by atoms with van der Waals surface area (Å²) in [6.45, 7) is 11.8. The second kappa shape index (κ2) is 4.42. The third-order valence-corrected chi connectivity index (χ3v) is 2.88. The first kappa shape index (κ1) is 12.3. The van der Waals surface area contributed by atoms with Gasteiger partial charge < -0.3 is 10.6 Å². The standard InChI is InChI=1S/C12H25N3/c1-9-6-7-15(10(2)8-9)11(13)14-12(3,4)5/h9-10H,6-8H2,1-5H3,(H2,13,14). The SMILES string of the molecule is CC1CCN(C(N)=NC(C)(C)C)C(C)C1. The van der Waals surface area contributed by atoms with E-state index >= 15 is 0 Å². The van der Waals surface area contributed by atoms with E-state index in [1.165, 1.54) is 12.8 Å². The van der Waals surface area contributed by atoms with Crippen LogP contribution in [0.25, 0.3) is 0 Å². The first-order chi connectivity index (χ1) is 6.79. The predicted octanol–water partition coefficient (Wildman–Crippen LogP) is 2.22. The Morgan fingerprint density at radius 3 is 2.40 bits per heavy atom. The quantitative estimate of drug-likeness (QED) is 0.493. The fourth-order valence-electron chi connectivity index (χ4n) is 2.16. The molecule has 0 saturated carbocycles. The first-order valence-electron chi connectivity index (χ1n) is 5.91. The summed E-state index contributed by atoms with van der Waals surface area (Å²) in [6, 6.07) is 0.528. The molecule has 1 heterocycles. The fraction of sp³-hybridized carbons (Fsp3) is 0.917.